The number of benzene rings is 2. The third-order valence-corrected chi connectivity index (χ3v) is 19.2. The van der Waals surface area contributed by atoms with Gasteiger partial charge in [0.2, 0.25) is 31.8 Å². The van der Waals surface area contributed by atoms with Gasteiger partial charge in [-0.15, -0.1) is 10.2 Å². The molecule has 0 aliphatic carbocycles. The quantitative estimate of drug-likeness (QED) is 0.0412. The van der Waals surface area contributed by atoms with Gasteiger partial charge in [0.05, 0.1) is 21.2 Å². The molecule has 0 aliphatic heterocycles. The lowest BCUT2D eigenvalue weighted by atomic mass is 9.97. The fourth-order valence-corrected chi connectivity index (χ4v) is 13.3. The molecular weight excluding hydrogens is 1050 g/mol. The predicted molar refractivity (Wildman–Crippen MR) is 316 cm³/mol. The Morgan fingerprint density at radius 3 is 1.07 bits per heavy atom. The summed E-state index contributed by atoms with van der Waals surface area (Å²) in [5, 5.41) is 60.0. The molecule has 4 unspecified atom stereocenters. The van der Waals surface area contributed by atoms with Crippen LogP contribution in [0.5, 0.6) is 11.8 Å². The van der Waals surface area contributed by atoms with E-state index in [1.165, 1.54) is 50.2 Å². The van der Waals surface area contributed by atoms with E-state index in [2.05, 4.69) is 75.8 Å². The van der Waals surface area contributed by atoms with Crippen LogP contribution in [0.2, 0.25) is 0 Å². The number of rotatable bonds is 35. The Labute approximate surface area is 476 Å². The largest absolute Gasteiger partial charge is 0.493 e. The summed E-state index contributed by atoms with van der Waals surface area (Å²) in [6.07, 6.45) is 15.0. The number of pyridine rings is 2. The van der Waals surface area contributed by atoms with Gasteiger partial charge in [-0.25, -0.2) is 16.8 Å². The van der Waals surface area contributed by atoms with Crippen molar-refractivity contribution in [3.8, 4) is 23.9 Å². The Morgan fingerprint density at radius 1 is 0.512 bits per heavy atom. The number of aromatic nitrogens is 2. The molecule has 0 spiro atoms. The summed E-state index contributed by atoms with van der Waals surface area (Å²) in [5.74, 6) is -0.784. The Kier molecular flexibility index (Phi) is 26.9. The van der Waals surface area contributed by atoms with Crippen molar-refractivity contribution >= 4 is 42.8 Å². The van der Waals surface area contributed by atoms with Crippen molar-refractivity contribution in [1.82, 2.24) is 17.7 Å². The predicted octanol–water partition coefficient (Wildman–Crippen LogP) is 14.2. The zero-order valence-electron chi connectivity index (χ0n) is 49.1. The molecule has 80 heavy (non-hydrogen) atoms. The molecule has 0 bridgehead atoms. The van der Waals surface area contributed by atoms with Gasteiger partial charge in [0.15, 0.2) is 11.4 Å². The van der Waals surface area contributed by atoms with E-state index >= 15 is 0 Å². The highest BCUT2D eigenvalue weighted by molar-refractivity contribution is 7.89. The van der Waals surface area contributed by atoms with Crippen LogP contribution in [0.1, 0.15) is 180 Å². The number of nitriles is 2. The van der Waals surface area contributed by atoms with Crippen LogP contribution in [-0.2, 0) is 33.1 Å². The zero-order chi connectivity index (χ0) is 59.2. The molecule has 4 rings (SSSR count). The van der Waals surface area contributed by atoms with Crippen LogP contribution in [0, 0.1) is 60.2 Å². The minimum atomic E-state index is -4.01. The van der Waals surface area contributed by atoms with E-state index in [-0.39, 0.29) is 78.5 Å². The maximum Gasteiger partial charge on any atom is 0.281 e. The van der Waals surface area contributed by atoms with Crippen LogP contribution in [-0.4, -0.2) is 71.0 Å². The second kappa shape index (κ2) is 32.4. The summed E-state index contributed by atoms with van der Waals surface area (Å²) in [6, 6.07) is 15.8. The molecule has 0 amide bonds. The molecule has 2 aromatic heterocycles. The van der Waals surface area contributed by atoms with E-state index in [1.807, 2.05) is 12.1 Å². The standard InChI is InChI=1S/C60H88N10O8S2/c1-11-19-25-45(15-5)39-67(40-46(16-6)26-20-12-2)79(75,76)51-31-23-29-49(35-51)63-65-55-43(9)53(37-61)57(71)69(59(55)73)33-34-70-58(72)54(38-62)44(10)56(60(70)74)66-64-50-30-24-32-52(36-50)80(77,78)68(41-47(17-7)27-21-13-3)42-48(18-8)28-22-14-4/h23-24,29-32,35-36,45-48,71-72H,11-22,25-28,33-34,39-42H2,1-10H3. The second-order valence-corrected chi connectivity index (χ2v) is 25.1. The van der Waals surface area contributed by atoms with E-state index in [0.29, 0.717) is 26.2 Å². The SMILES string of the molecule is CCCCC(CC)CN(CC(CC)CCCC)S(=O)(=O)c1cccc(N=Nc2c(C)c(C#N)c(O)n(CCn3c(O)c(C#N)c(C)c(N=Nc4cccc(S(=O)(=O)N(CC(CC)CCCC)CC(CC)CCCC)c4)c3=O)c2=O)c1. The van der Waals surface area contributed by atoms with Crippen LogP contribution in [0.4, 0.5) is 22.7 Å². The maximum atomic E-state index is 14.5. The second-order valence-electron chi connectivity index (χ2n) is 21.2. The summed E-state index contributed by atoms with van der Waals surface area (Å²) in [6.45, 7) is 20.1. The molecule has 2 aromatic carbocycles. The highest BCUT2D eigenvalue weighted by Crippen LogP contribution is 2.33. The normalized spacial score (nSPS) is 13.8. The highest BCUT2D eigenvalue weighted by atomic mass is 32.2. The summed E-state index contributed by atoms with van der Waals surface area (Å²) >= 11 is 0. The molecule has 4 atom stereocenters. The van der Waals surface area contributed by atoms with E-state index in [0.717, 1.165) is 112 Å². The van der Waals surface area contributed by atoms with Crippen molar-refractivity contribution in [2.75, 3.05) is 26.2 Å². The van der Waals surface area contributed by atoms with E-state index < -0.39 is 56.0 Å². The zero-order valence-corrected chi connectivity index (χ0v) is 50.8. The first kappa shape index (κ1) is 66.5. The first-order valence-electron chi connectivity index (χ1n) is 29.0. The van der Waals surface area contributed by atoms with Crippen molar-refractivity contribution in [2.45, 2.75) is 195 Å². The Bertz CT molecular complexity index is 2930. The minimum absolute atomic E-state index is 0.0102. The van der Waals surface area contributed by atoms with Gasteiger partial charge in [0, 0.05) is 50.4 Å². The molecule has 0 aliphatic rings. The van der Waals surface area contributed by atoms with Crippen molar-refractivity contribution in [3.63, 3.8) is 0 Å². The van der Waals surface area contributed by atoms with Gasteiger partial charge in [-0.05, 0) is 99.6 Å². The van der Waals surface area contributed by atoms with Crippen molar-refractivity contribution in [2.24, 2.45) is 44.1 Å². The summed E-state index contributed by atoms with van der Waals surface area (Å²) in [7, 11) is -8.03. The monoisotopic (exact) mass is 1140 g/mol. The van der Waals surface area contributed by atoms with Crippen LogP contribution < -0.4 is 11.1 Å². The minimum Gasteiger partial charge on any atom is -0.493 e. The Balaban J connectivity index is 1.73. The molecule has 0 radical (unpaired) electrons. The molecule has 2 N–H and O–H groups in total. The number of nitrogens with zero attached hydrogens (tertiary/aromatic N) is 10. The smallest absolute Gasteiger partial charge is 0.281 e. The molecule has 0 saturated heterocycles. The van der Waals surface area contributed by atoms with Gasteiger partial charge in [-0.2, -0.15) is 29.4 Å². The average Bonchev–Trinajstić information content (AvgIpc) is 3.45. The molecule has 20 heteroatoms. The van der Waals surface area contributed by atoms with Crippen molar-refractivity contribution in [3.05, 3.63) is 91.5 Å². The van der Waals surface area contributed by atoms with Gasteiger partial charge in [0.1, 0.15) is 23.3 Å². The summed E-state index contributed by atoms with van der Waals surface area (Å²) < 4.78 is 62.9. The highest BCUT2D eigenvalue weighted by Gasteiger charge is 2.31. The van der Waals surface area contributed by atoms with Crippen LogP contribution >= 0.6 is 0 Å². The fourth-order valence-electron chi connectivity index (χ4n) is 10.0. The van der Waals surface area contributed by atoms with Crippen molar-refractivity contribution < 1.29 is 27.0 Å². The Hall–Kier alpha value is -6.06. The van der Waals surface area contributed by atoms with Gasteiger partial charge in [-0.3, -0.25) is 18.7 Å². The van der Waals surface area contributed by atoms with Crippen LogP contribution in [0.3, 0.4) is 0 Å². The molecule has 2 heterocycles. The molecule has 0 saturated carbocycles. The van der Waals surface area contributed by atoms with Crippen LogP contribution in [0.15, 0.2) is 88.4 Å². The number of unbranched alkanes of at least 4 members (excludes halogenated alkanes) is 4. The van der Waals surface area contributed by atoms with Crippen LogP contribution in [0.25, 0.3) is 0 Å². The molecule has 4 aromatic rings. The number of azo groups is 2. The van der Waals surface area contributed by atoms with Crippen molar-refractivity contribution in [1.29, 1.82) is 10.5 Å². The van der Waals surface area contributed by atoms with E-state index in [9.17, 15) is 47.2 Å². The van der Waals surface area contributed by atoms with Gasteiger partial charge in [-0.1, -0.05) is 145 Å². The first-order chi connectivity index (χ1) is 38.3. The number of aromatic hydroxyl groups is 2. The lowest BCUT2D eigenvalue weighted by Gasteiger charge is -2.30. The summed E-state index contributed by atoms with van der Waals surface area (Å²) in [5.41, 5.74) is -2.97. The van der Waals surface area contributed by atoms with Gasteiger partial charge >= 0.3 is 0 Å². The Morgan fingerprint density at radius 2 is 0.812 bits per heavy atom. The average molecular weight is 1140 g/mol. The van der Waals surface area contributed by atoms with E-state index in [4.69, 9.17) is 0 Å². The third-order valence-electron chi connectivity index (χ3n) is 15.5. The lowest BCUT2D eigenvalue weighted by molar-refractivity contribution is 0.270. The third kappa shape index (κ3) is 17.2. The molecule has 18 nitrogen and oxygen atoms in total. The topological polar surface area (TPSA) is 256 Å². The first-order valence-corrected chi connectivity index (χ1v) is 31.9. The van der Waals surface area contributed by atoms with Gasteiger partial charge < -0.3 is 10.2 Å². The summed E-state index contributed by atoms with van der Waals surface area (Å²) in [4.78, 5) is 28.5. The number of sulfonamides is 2. The van der Waals surface area contributed by atoms with Gasteiger partial charge in [0.25, 0.3) is 11.1 Å². The fraction of sp³-hybridized carbons (Fsp3) is 0.600. The molecular formula is C60H88N10O8S2. The number of hydrogen-bond donors (Lipinski definition) is 2. The molecule has 438 valence electrons. The molecule has 0 fully saturated rings. The van der Waals surface area contributed by atoms with E-state index in [1.54, 1.807) is 20.7 Å². The maximum absolute atomic E-state index is 14.5. The lowest BCUT2D eigenvalue weighted by Crippen LogP contribution is -2.39. The number of hydrogen-bond acceptors (Lipinski definition) is 14.